The second kappa shape index (κ2) is 5.36. The van der Waals surface area contributed by atoms with E-state index in [-0.39, 0.29) is 18.2 Å². The van der Waals surface area contributed by atoms with E-state index in [1.807, 2.05) is 24.5 Å². The van der Waals surface area contributed by atoms with Crippen LogP contribution in [-0.2, 0) is 4.79 Å². The van der Waals surface area contributed by atoms with Gasteiger partial charge in [-0.25, -0.2) is 9.97 Å². The number of nitrogens with one attached hydrogen (secondary N) is 1. The lowest BCUT2D eigenvalue weighted by Crippen LogP contribution is -2.27. The minimum atomic E-state index is -0.0800. The number of amides is 1. The molecule has 1 atom stereocenters. The van der Waals surface area contributed by atoms with Gasteiger partial charge in [-0.05, 0) is 24.1 Å². The zero-order valence-electron chi connectivity index (χ0n) is 12.5. The summed E-state index contributed by atoms with van der Waals surface area (Å²) in [6, 6.07) is 6.00. The fourth-order valence-electron chi connectivity index (χ4n) is 3.45. The predicted octanol–water partition coefficient (Wildman–Crippen LogP) is 2.34. The molecule has 1 N–H and O–H groups in total. The molecular weight excluding hydrogens is 290 g/mol. The number of fused-ring (bicyclic) bond motifs is 3. The number of carbonyl (C=O) groups excluding carboxylic acids is 1. The van der Waals surface area contributed by atoms with E-state index < -0.39 is 0 Å². The topological polar surface area (TPSA) is 85.7 Å². The highest BCUT2D eigenvalue weighted by Crippen LogP contribution is 2.34. The van der Waals surface area contributed by atoms with Crippen LogP contribution in [0.4, 0.5) is 0 Å². The average molecular weight is 305 g/mol. The number of carbonyl (C=O) groups is 1. The third kappa shape index (κ3) is 2.21. The predicted molar refractivity (Wildman–Crippen MR) is 85.6 cm³/mol. The van der Waals surface area contributed by atoms with Gasteiger partial charge in [0.25, 0.3) is 0 Å². The number of nitriles is 1. The number of aromatic nitrogens is 3. The van der Waals surface area contributed by atoms with Gasteiger partial charge in [0.15, 0.2) is 5.65 Å². The van der Waals surface area contributed by atoms with Crippen LogP contribution in [0.2, 0.25) is 0 Å². The van der Waals surface area contributed by atoms with Crippen molar-refractivity contribution < 1.29 is 4.79 Å². The van der Waals surface area contributed by atoms with Gasteiger partial charge in [0.05, 0.1) is 17.8 Å². The van der Waals surface area contributed by atoms with E-state index in [1.165, 1.54) is 5.56 Å². The molecule has 1 unspecified atom stereocenters. The summed E-state index contributed by atoms with van der Waals surface area (Å²) in [5.74, 6) is 0.193. The van der Waals surface area contributed by atoms with Crippen LogP contribution in [0, 0.1) is 11.3 Å². The van der Waals surface area contributed by atoms with Gasteiger partial charge in [-0.3, -0.25) is 4.79 Å². The molecule has 1 amide bonds. The van der Waals surface area contributed by atoms with Crippen molar-refractivity contribution in [3.05, 3.63) is 36.3 Å². The molecule has 1 aliphatic rings. The van der Waals surface area contributed by atoms with Crippen molar-refractivity contribution in [1.82, 2.24) is 19.9 Å². The molecule has 0 saturated carbocycles. The van der Waals surface area contributed by atoms with Crippen molar-refractivity contribution in [2.45, 2.75) is 18.8 Å². The van der Waals surface area contributed by atoms with Crippen molar-refractivity contribution in [2.24, 2.45) is 0 Å². The third-order valence-electron chi connectivity index (χ3n) is 4.54. The summed E-state index contributed by atoms with van der Waals surface area (Å²) in [6.07, 6.45) is 6.36. The number of rotatable bonds is 2. The maximum Gasteiger partial charge on any atom is 0.236 e. The first-order valence-corrected chi connectivity index (χ1v) is 7.63. The van der Waals surface area contributed by atoms with Crippen molar-refractivity contribution in [3.8, 4) is 6.07 Å². The summed E-state index contributed by atoms with van der Waals surface area (Å²) < 4.78 is 0. The summed E-state index contributed by atoms with van der Waals surface area (Å²) >= 11 is 0. The molecule has 6 nitrogen and oxygen atoms in total. The van der Waals surface area contributed by atoms with Gasteiger partial charge in [-0.2, -0.15) is 5.26 Å². The quantitative estimate of drug-likeness (QED) is 0.787. The maximum atomic E-state index is 11.9. The van der Waals surface area contributed by atoms with Crippen LogP contribution in [0.3, 0.4) is 0 Å². The van der Waals surface area contributed by atoms with Gasteiger partial charge in [-0.15, -0.1) is 0 Å². The van der Waals surface area contributed by atoms with E-state index in [4.69, 9.17) is 5.26 Å². The number of hydrogen-bond donors (Lipinski definition) is 1. The fraction of sp³-hybridized carbons (Fsp3) is 0.294. The van der Waals surface area contributed by atoms with Crippen LogP contribution in [0.25, 0.3) is 21.9 Å². The molecule has 1 fully saturated rings. The highest BCUT2D eigenvalue weighted by atomic mass is 16.2. The van der Waals surface area contributed by atoms with Gasteiger partial charge in [0.1, 0.15) is 6.42 Å². The molecule has 3 aromatic heterocycles. The number of pyridine rings is 2. The van der Waals surface area contributed by atoms with Gasteiger partial charge in [0.2, 0.25) is 5.91 Å². The first-order valence-electron chi connectivity index (χ1n) is 7.63. The molecule has 23 heavy (non-hydrogen) atoms. The standard InChI is InChI=1S/C17H15N5O/c18-5-1-15(23)22-8-4-11(10-22)12-2-6-19-14-9-21-17-13(16(12)14)3-7-20-17/h2-3,6-7,9,11,19H,1,4,8,10H2. The smallest absolute Gasteiger partial charge is 0.236 e. The molecule has 0 bridgehead atoms. The number of aromatic amines is 1. The first kappa shape index (κ1) is 13.7. The third-order valence-corrected chi connectivity index (χ3v) is 4.54. The molecule has 0 radical (unpaired) electrons. The highest BCUT2D eigenvalue weighted by Gasteiger charge is 2.28. The van der Waals surface area contributed by atoms with Gasteiger partial charge in [0, 0.05) is 42.2 Å². The number of H-pyrrole nitrogens is 1. The molecule has 0 aliphatic carbocycles. The minimum Gasteiger partial charge on any atom is -0.360 e. The fourth-order valence-corrected chi connectivity index (χ4v) is 3.45. The zero-order valence-corrected chi connectivity index (χ0v) is 12.5. The lowest BCUT2D eigenvalue weighted by atomic mass is 9.94. The molecule has 6 heteroatoms. The summed E-state index contributed by atoms with van der Waals surface area (Å²) in [5.41, 5.74) is 2.94. The Morgan fingerprint density at radius 1 is 1.43 bits per heavy atom. The molecule has 4 rings (SSSR count). The van der Waals surface area contributed by atoms with E-state index >= 15 is 0 Å². The molecule has 114 valence electrons. The van der Waals surface area contributed by atoms with E-state index in [1.54, 1.807) is 11.1 Å². The maximum absolute atomic E-state index is 11.9. The highest BCUT2D eigenvalue weighted by molar-refractivity contribution is 6.05. The molecule has 1 aliphatic heterocycles. The van der Waals surface area contributed by atoms with Crippen LogP contribution in [0.5, 0.6) is 0 Å². The summed E-state index contributed by atoms with van der Waals surface area (Å²) in [7, 11) is 0. The van der Waals surface area contributed by atoms with Crippen LogP contribution in [0.15, 0.2) is 30.7 Å². The Morgan fingerprint density at radius 2 is 2.35 bits per heavy atom. The molecule has 1 saturated heterocycles. The number of likely N-dealkylation sites (tertiary alicyclic amines) is 1. The Hall–Kier alpha value is -2.94. The normalized spacial score (nSPS) is 17.7. The van der Waals surface area contributed by atoms with Crippen LogP contribution >= 0.6 is 0 Å². The van der Waals surface area contributed by atoms with Crippen molar-refractivity contribution in [2.75, 3.05) is 13.1 Å². The summed E-state index contributed by atoms with van der Waals surface area (Å²) in [4.78, 5) is 25.6. The Bertz CT molecular complexity index is 939. The molecule has 0 spiro atoms. The Kier molecular flexibility index (Phi) is 3.19. The molecular formula is C17H15N5O. The molecule has 0 aromatic carbocycles. The van der Waals surface area contributed by atoms with E-state index in [0.29, 0.717) is 13.1 Å². The largest absolute Gasteiger partial charge is 0.360 e. The van der Waals surface area contributed by atoms with Crippen molar-refractivity contribution in [3.63, 3.8) is 0 Å². The number of hydrogen-bond acceptors (Lipinski definition) is 4. The zero-order chi connectivity index (χ0) is 15.8. The Labute approximate surface area is 132 Å². The van der Waals surface area contributed by atoms with Gasteiger partial charge in [-0.1, -0.05) is 0 Å². The van der Waals surface area contributed by atoms with Crippen molar-refractivity contribution >= 4 is 27.8 Å². The summed E-state index contributed by atoms with van der Waals surface area (Å²) in [6.45, 7) is 1.37. The molecule has 3 aromatic rings. The first-order chi connectivity index (χ1) is 11.3. The molecule has 4 heterocycles. The van der Waals surface area contributed by atoms with E-state index in [9.17, 15) is 4.79 Å². The Morgan fingerprint density at radius 3 is 3.22 bits per heavy atom. The van der Waals surface area contributed by atoms with E-state index in [0.717, 1.165) is 28.4 Å². The SMILES string of the molecule is N#CCC(=O)N1CCC(c2cc[nH]c3cnc4nccc4c23)C1. The average Bonchev–Trinajstić information content (AvgIpc) is 3.23. The Balaban J connectivity index is 1.76. The van der Waals surface area contributed by atoms with Crippen molar-refractivity contribution in [1.29, 1.82) is 5.26 Å². The van der Waals surface area contributed by atoms with Crippen LogP contribution in [0.1, 0.15) is 24.3 Å². The lowest BCUT2D eigenvalue weighted by Gasteiger charge is -2.16. The second-order valence-corrected chi connectivity index (χ2v) is 5.82. The van der Waals surface area contributed by atoms with Crippen LogP contribution in [-0.4, -0.2) is 38.8 Å². The van der Waals surface area contributed by atoms with Crippen LogP contribution < -0.4 is 0 Å². The summed E-state index contributed by atoms with van der Waals surface area (Å²) in [5, 5.41) is 10.9. The minimum absolute atomic E-state index is 0.0447. The van der Waals surface area contributed by atoms with E-state index in [2.05, 4.69) is 21.0 Å². The van der Waals surface area contributed by atoms with Gasteiger partial charge < -0.3 is 9.88 Å². The lowest BCUT2D eigenvalue weighted by molar-refractivity contribution is -0.129. The number of nitrogens with zero attached hydrogens (tertiary/aromatic N) is 4. The van der Waals surface area contributed by atoms with Gasteiger partial charge >= 0.3 is 0 Å². The monoisotopic (exact) mass is 305 g/mol. The second-order valence-electron chi connectivity index (χ2n) is 5.82.